The topological polar surface area (TPSA) is 137 Å². The fraction of sp³-hybridized carbons (Fsp3) is 0.519. The van der Waals surface area contributed by atoms with Crippen LogP contribution in [0.3, 0.4) is 0 Å². The number of rotatable bonds is 6. The highest BCUT2D eigenvalue weighted by Gasteiger charge is 2.41. The van der Waals surface area contributed by atoms with Gasteiger partial charge in [0.2, 0.25) is 10.0 Å². The third kappa shape index (κ3) is 5.87. The van der Waals surface area contributed by atoms with Crippen molar-refractivity contribution in [1.82, 2.24) is 19.8 Å². The van der Waals surface area contributed by atoms with E-state index in [1.165, 1.54) is 44.8 Å². The first-order valence-electron chi connectivity index (χ1n) is 13.2. The zero-order valence-electron chi connectivity index (χ0n) is 23.7. The highest BCUT2D eigenvalue weighted by molar-refractivity contribution is 7.89. The number of nitrogens with one attached hydrogen (secondary N) is 3. The van der Waals surface area contributed by atoms with E-state index in [9.17, 15) is 22.8 Å². The maximum Gasteiger partial charge on any atom is 0.409 e. The van der Waals surface area contributed by atoms with Gasteiger partial charge in [0, 0.05) is 54.7 Å². The maximum absolute atomic E-state index is 13.2. The van der Waals surface area contributed by atoms with Gasteiger partial charge in [0.15, 0.2) is 0 Å². The number of sulfonamides is 1. The standard InChI is InChI=1S/C27H37N5O6S2/c1-7-38-25(35)31-12-14-32(15-13-31)40(36,37)18-10-8-17(9-11-18)22(33)29-24-20(23(34)28-6)19-16-26(2,3)30-27(4,5)21(19)39-24/h8-11,30H,7,12-16H2,1-6H3,(H,28,34)(H,29,33). The molecule has 13 heteroatoms. The number of piperazine rings is 1. The zero-order chi connectivity index (χ0) is 29.5. The van der Waals surface area contributed by atoms with E-state index in [4.69, 9.17) is 4.74 Å². The minimum atomic E-state index is -3.81. The van der Waals surface area contributed by atoms with Gasteiger partial charge in [0.05, 0.1) is 17.1 Å². The van der Waals surface area contributed by atoms with E-state index in [1.54, 1.807) is 14.0 Å². The van der Waals surface area contributed by atoms with Crippen molar-refractivity contribution in [2.45, 2.75) is 57.0 Å². The molecule has 4 rings (SSSR count). The largest absolute Gasteiger partial charge is 0.450 e. The number of anilines is 1. The second-order valence-corrected chi connectivity index (χ2v) is 14.0. The van der Waals surface area contributed by atoms with Gasteiger partial charge in [-0.2, -0.15) is 4.31 Å². The Morgan fingerprint density at radius 3 is 2.23 bits per heavy atom. The van der Waals surface area contributed by atoms with Crippen LogP contribution in [0, 0.1) is 0 Å². The highest BCUT2D eigenvalue weighted by atomic mass is 32.2. The van der Waals surface area contributed by atoms with E-state index >= 15 is 0 Å². The monoisotopic (exact) mass is 591 g/mol. The van der Waals surface area contributed by atoms with Gasteiger partial charge < -0.3 is 25.6 Å². The average molecular weight is 592 g/mol. The maximum atomic E-state index is 13.2. The third-order valence-corrected chi connectivity index (χ3v) is 10.4. The Balaban J connectivity index is 1.52. The predicted molar refractivity (Wildman–Crippen MR) is 153 cm³/mol. The lowest BCUT2D eigenvalue weighted by Crippen LogP contribution is -2.55. The molecule has 0 radical (unpaired) electrons. The van der Waals surface area contributed by atoms with E-state index in [-0.39, 0.29) is 54.7 Å². The summed E-state index contributed by atoms with van der Waals surface area (Å²) in [6.45, 7) is 11.0. The molecule has 11 nitrogen and oxygen atoms in total. The molecule has 1 fully saturated rings. The first-order valence-corrected chi connectivity index (χ1v) is 15.5. The van der Waals surface area contributed by atoms with E-state index in [0.717, 1.165) is 10.4 Å². The van der Waals surface area contributed by atoms with Crippen LogP contribution in [0.5, 0.6) is 0 Å². The van der Waals surface area contributed by atoms with Crippen molar-refractivity contribution in [2.75, 3.05) is 45.2 Å². The molecule has 2 aliphatic rings. The smallest absolute Gasteiger partial charge is 0.409 e. The number of hydrogen-bond donors (Lipinski definition) is 3. The second kappa shape index (κ2) is 11.1. The molecule has 3 heterocycles. The minimum Gasteiger partial charge on any atom is -0.450 e. The molecule has 40 heavy (non-hydrogen) atoms. The van der Waals surface area contributed by atoms with Crippen molar-refractivity contribution < 1.29 is 27.5 Å². The van der Waals surface area contributed by atoms with Crippen molar-refractivity contribution in [2.24, 2.45) is 0 Å². The number of carbonyl (C=O) groups excluding carboxylic acids is 3. The van der Waals surface area contributed by atoms with E-state index in [0.29, 0.717) is 17.0 Å². The first-order chi connectivity index (χ1) is 18.7. The lowest BCUT2D eigenvalue weighted by atomic mass is 9.81. The van der Waals surface area contributed by atoms with Crippen LogP contribution in [0.2, 0.25) is 0 Å². The van der Waals surface area contributed by atoms with Gasteiger partial charge in [0.25, 0.3) is 11.8 Å². The molecule has 1 aromatic carbocycles. The number of hydrogen-bond acceptors (Lipinski definition) is 8. The average Bonchev–Trinajstić information content (AvgIpc) is 3.25. The highest BCUT2D eigenvalue weighted by Crippen LogP contribution is 2.45. The van der Waals surface area contributed by atoms with Gasteiger partial charge >= 0.3 is 6.09 Å². The van der Waals surface area contributed by atoms with Crippen LogP contribution >= 0.6 is 11.3 Å². The molecule has 218 valence electrons. The zero-order valence-corrected chi connectivity index (χ0v) is 25.3. The van der Waals surface area contributed by atoms with Crippen molar-refractivity contribution in [3.05, 3.63) is 45.8 Å². The summed E-state index contributed by atoms with van der Waals surface area (Å²) >= 11 is 1.37. The van der Waals surface area contributed by atoms with Crippen molar-refractivity contribution in [1.29, 1.82) is 0 Å². The first kappa shape index (κ1) is 30.0. The van der Waals surface area contributed by atoms with Crippen LogP contribution in [0.4, 0.5) is 9.80 Å². The number of amides is 3. The molecule has 0 unspecified atom stereocenters. The molecule has 3 amide bonds. The molecule has 3 N–H and O–H groups in total. The van der Waals surface area contributed by atoms with Gasteiger partial charge in [-0.3, -0.25) is 9.59 Å². The summed E-state index contributed by atoms with van der Waals surface area (Å²) < 4.78 is 32.7. The SMILES string of the molecule is CCOC(=O)N1CCN(S(=O)(=O)c2ccc(C(=O)Nc3sc4c(c3C(=O)NC)CC(C)(C)NC4(C)C)cc2)CC1. The lowest BCUT2D eigenvalue weighted by molar-refractivity contribution is 0.0932. The van der Waals surface area contributed by atoms with Crippen LogP contribution in [0.25, 0.3) is 0 Å². The van der Waals surface area contributed by atoms with Crippen molar-refractivity contribution in [3.63, 3.8) is 0 Å². The molecule has 0 saturated carbocycles. The molecule has 0 aliphatic carbocycles. The number of carbonyl (C=O) groups is 3. The number of thiophene rings is 1. The van der Waals surface area contributed by atoms with Crippen LogP contribution in [-0.4, -0.2) is 80.9 Å². The van der Waals surface area contributed by atoms with Gasteiger partial charge in [0.1, 0.15) is 5.00 Å². The summed E-state index contributed by atoms with van der Waals surface area (Å²) in [7, 11) is -2.25. The van der Waals surface area contributed by atoms with Crippen LogP contribution in [-0.2, 0) is 26.7 Å². The lowest BCUT2D eigenvalue weighted by Gasteiger charge is -2.42. The van der Waals surface area contributed by atoms with E-state index < -0.39 is 27.6 Å². The summed E-state index contributed by atoms with van der Waals surface area (Å²) in [6, 6.07) is 5.71. The molecule has 0 bridgehead atoms. The number of benzene rings is 1. The predicted octanol–water partition coefficient (Wildman–Crippen LogP) is 2.98. The summed E-state index contributed by atoms with van der Waals surface area (Å²) in [4.78, 5) is 40.6. The Bertz CT molecular complexity index is 1410. The van der Waals surface area contributed by atoms with Crippen molar-refractivity contribution in [3.8, 4) is 0 Å². The Morgan fingerprint density at radius 2 is 1.65 bits per heavy atom. The molecule has 2 aromatic rings. The van der Waals surface area contributed by atoms with E-state index in [2.05, 4.69) is 43.6 Å². The fourth-order valence-corrected chi connectivity index (χ4v) is 8.10. The summed E-state index contributed by atoms with van der Waals surface area (Å²) in [6.07, 6.45) is 0.172. The van der Waals surface area contributed by atoms with Crippen molar-refractivity contribution >= 4 is 44.3 Å². The molecule has 0 atom stereocenters. The summed E-state index contributed by atoms with van der Waals surface area (Å²) in [5, 5.41) is 9.65. The van der Waals surface area contributed by atoms with Crippen LogP contribution in [0.15, 0.2) is 29.2 Å². The van der Waals surface area contributed by atoms with Crippen LogP contribution < -0.4 is 16.0 Å². The third-order valence-electron chi connectivity index (χ3n) is 7.04. The van der Waals surface area contributed by atoms with Gasteiger partial charge in [-0.1, -0.05) is 0 Å². The number of nitrogens with zero attached hydrogens (tertiary/aromatic N) is 2. The van der Waals surface area contributed by atoms with Gasteiger partial charge in [-0.15, -0.1) is 11.3 Å². The molecular formula is C27H37N5O6S2. The Kier molecular flexibility index (Phi) is 8.32. The van der Waals surface area contributed by atoms with Gasteiger partial charge in [-0.25, -0.2) is 13.2 Å². The van der Waals surface area contributed by atoms with Crippen LogP contribution in [0.1, 0.15) is 65.8 Å². The second-order valence-electron chi connectivity index (χ2n) is 11.1. The van der Waals surface area contributed by atoms with Gasteiger partial charge in [-0.05, 0) is 70.9 Å². The van der Waals surface area contributed by atoms with E-state index in [1.807, 2.05) is 0 Å². The Labute approximate surface area is 239 Å². The Hall–Kier alpha value is -3.00. The Morgan fingerprint density at radius 1 is 1.02 bits per heavy atom. The molecule has 2 aliphatic heterocycles. The fourth-order valence-electron chi connectivity index (χ4n) is 5.41. The molecule has 1 saturated heterocycles. The number of ether oxygens (including phenoxy) is 1. The number of fused-ring (bicyclic) bond motifs is 1. The quantitative estimate of drug-likeness (QED) is 0.470. The summed E-state index contributed by atoms with van der Waals surface area (Å²) in [5.74, 6) is -0.716. The minimum absolute atomic E-state index is 0.0568. The molecule has 0 spiro atoms. The molecular weight excluding hydrogens is 554 g/mol. The summed E-state index contributed by atoms with van der Waals surface area (Å²) in [5.41, 5.74) is 0.996. The normalized spacial score (nSPS) is 18.5. The molecule has 1 aromatic heterocycles.